The first-order valence-corrected chi connectivity index (χ1v) is 12.4. The van der Waals surface area contributed by atoms with Crippen LogP contribution in [0.5, 0.6) is 0 Å². The lowest BCUT2D eigenvalue weighted by atomic mass is 9.96. The van der Waals surface area contributed by atoms with Gasteiger partial charge in [-0.05, 0) is 81.1 Å². The third-order valence-corrected chi connectivity index (χ3v) is 7.18. The lowest BCUT2D eigenvalue weighted by Crippen LogP contribution is -2.43. The van der Waals surface area contributed by atoms with Crippen molar-refractivity contribution in [1.82, 2.24) is 9.91 Å². The molecule has 180 valence electrons. The number of halogens is 1. The molecule has 0 radical (unpaired) electrons. The molecule has 2 heterocycles. The van der Waals surface area contributed by atoms with Crippen LogP contribution in [0.15, 0.2) is 47.6 Å². The highest BCUT2D eigenvalue weighted by Gasteiger charge is 2.35. The first kappa shape index (κ1) is 24.4. The molecule has 2 aromatic rings. The van der Waals surface area contributed by atoms with Gasteiger partial charge in [-0.25, -0.2) is 5.01 Å². The van der Waals surface area contributed by atoms with Crippen LogP contribution in [-0.4, -0.2) is 53.7 Å². The smallest absolute Gasteiger partial charge is 0.309 e. The van der Waals surface area contributed by atoms with Gasteiger partial charge in [0.1, 0.15) is 0 Å². The Balaban J connectivity index is 1.52. The van der Waals surface area contributed by atoms with Gasteiger partial charge in [0, 0.05) is 11.4 Å². The number of piperidine rings is 1. The zero-order valence-corrected chi connectivity index (χ0v) is 20.8. The molecule has 0 aliphatic carbocycles. The Morgan fingerprint density at radius 1 is 1.09 bits per heavy atom. The summed E-state index contributed by atoms with van der Waals surface area (Å²) in [5.74, 6) is -0.267. The van der Waals surface area contributed by atoms with Gasteiger partial charge < -0.3 is 4.74 Å². The van der Waals surface area contributed by atoms with Gasteiger partial charge in [0.05, 0.1) is 30.8 Å². The fraction of sp³-hybridized carbons (Fsp3) is 0.444. The maximum absolute atomic E-state index is 13.5. The van der Waals surface area contributed by atoms with Crippen molar-refractivity contribution in [1.29, 1.82) is 0 Å². The molecule has 2 aliphatic heterocycles. The molecule has 0 aromatic heterocycles. The summed E-state index contributed by atoms with van der Waals surface area (Å²) < 4.78 is 5.16. The van der Waals surface area contributed by atoms with E-state index in [1.54, 1.807) is 5.01 Å². The molecule has 2 aliphatic rings. The van der Waals surface area contributed by atoms with Crippen molar-refractivity contribution in [3.63, 3.8) is 0 Å². The second kappa shape index (κ2) is 10.7. The zero-order valence-electron chi connectivity index (χ0n) is 20.1. The van der Waals surface area contributed by atoms with Gasteiger partial charge in [0.25, 0.3) is 5.91 Å². The SMILES string of the molecule is CCOC(=O)C1CCN(CC(=O)N2N=C(c3ccc(C)c(C)c3)CC2c2ccccc2Cl)CC1. The molecule has 0 bridgehead atoms. The molecule has 34 heavy (non-hydrogen) atoms. The number of ether oxygens (including phenoxy) is 1. The highest BCUT2D eigenvalue weighted by Crippen LogP contribution is 2.36. The second-order valence-corrected chi connectivity index (χ2v) is 9.54. The minimum Gasteiger partial charge on any atom is -0.466 e. The Labute approximate surface area is 206 Å². The van der Waals surface area contributed by atoms with Gasteiger partial charge in [0.2, 0.25) is 0 Å². The van der Waals surface area contributed by atoms with Crippen molar-refractivity contribution in [2.24, 2.45) is 11.0 Å². The number of hydrogen-bond acceptors (Lipinski definition) is 5. The van der Waals surface area contributed by atoms with Crippen LogP contribution in [0, 0.1) is 19.8 Å². The van der Waals surface area contributed by atoms with E-state index in [9.17, 15) is 9.59 Å². The Kier molecular flexibility index (Phi) is 7.69. The molecule has 2 aromatic carbocycles. The number of rotatable bonds is 6. The van der Waals surface area contributed by atoms with Crippen LogP contribution in [0.3, 0.4) is 0 Å². The Bertz CT molecular complexity index is 1090. The number of nitrogens with zero attached hydrogens (tertiary/aromatic N) is 3. The van der Waals surface area contributed by atoms with E-state index in [2.05, 4.69) is 36.9 Å². The number of likely N-dealkylation sites (tertiary alicyclic amines) is 1. The number of carbonyl (C=O) groups excluding carboxylic acids is 2. The molecule has 6 nitrogen and oxygen atoms in total. The monoisotopic (exact) mass is 481 g/mol. The van der Waals surface area contributed by atoms with Gasteiger partial charge in [-0.1, -0.05) is 41.9 Å². The predicted molar refractivity (Wildman–Crippen MR) is 134 cm³/mol. The molecule has 0 saturated carbocycles. The summed E-state index contributed by atoms with van der Waals surface area (Å²) in [6.07, 6.45) is 2.03. The number of benzene rings is 2. The van der Waals surface area contributed by atoms with Crippen LogP contribution in [0.25, 0.3) is 0 Å². The van der Waals surface area contributed by atoms with Crippen molar-refractivity contribution < 1.29 is 14.3 Å². The highest BCUT2D eigenvalue weighted by atomic mass is 35.5. The second-order valence-electron chi connectivity index (χ2n) is 9.13. The molecule has 0 spiro atoms. The Hall–Kier alpha value is -2.70. The molecule has 4 rings (SSSR count). The van der Waals surface area contributed by atoms with E-state index in [1.807, 2.05) is 31.2 Å². The van der Waals surface area contributed by atoms with Gasteiger partial charge in [0.15, 0.2) is 0 Å². The van der Waals surface area contributed by atoms with Crippen LogP contribution in [0.1, 0.15) is 54.5 Å². The predicted octanol–water partition coefficient (Wildman–Crippen LogP) is 4.91. The zero-order chi connectivity index (χ0) is 24.2. The molecule has 1 fully saturated rings. The molecule has 7 heteroatoms. The fourth-order valence-corrected chi connectivity index (χ4v) is 4.94. The van der Waals surface area contributed by atoms with Crippen molar-refractivity contribution in [2.45, 2.75) is 46.1 Å². The quantitative estimate of drug-likeness (QED) is 0.550. The third-order valence-electron chi connectivity index (χ3n) is 6.84. The van der Waals surface area contributed by atoms with E-state index in [0.29, 0.717) is 44.0 Å². The van der Waals surface area contributed by atoms with E-state index < -0.39 is 0 Å². The van der Waals surface area contributed by atoms with Crippen LogP contribution in [0.4, 0.5) is 0 Å². The molecule has 1 unspecified atom stereocenters. The van der Waals surface area contributed by atoms with E-state index in [1.165, 1.54) is 11.1 Å². The average Bonchev–Trinajstić information content (AvgIpc) is 3.27. The summed E-state index contributed by atoms with van der Waals surface area (Å²) in [4.78, 5) is 27.6. The number of carbonyl (C=O) groups is 2. The summed E-state index contributed by atoms with van der Waals surface area (Å²) in [5, 5.41) is 7.05. The van der Waals surface area contributed by atoms with Crippen molar-refractivity contribution in [3.8, 4) is 0 Å². The minimum atomic E-state index is -0.241. The van der Waals surface area contributed by atoms with Gasteiger partial charge in [-0.3, -0.25) is 14.5 Å². The summed E-state index contributed by atoms with van der Waals surface area (Å²) >= 11 is 6.53. The number of hydrogen-bond donors (Lipinski definition) is 0. The molecule has 0 N–H and O–H groups in total. The van der Waals surface area contributed by atoms with Crippen molar-refractivity contribution in [2.75, 3.05) is 26.2 Å². The summed E-state index contributed by atoms with van der Waals surface area (Å²) in [7, 11) is 0. The van der Waals surface area contributed by atoms with E-state index in [0.717, 1.165) is 16.8 Å². The summed E-state index contributed by atoms with van der Waals surface area (Å²) in [5.41, 5.74) is 5.25. The normalized spacial score (nSPS) is 19.2. The largest absolute Gasteiger partial charge is 0.466 e. The summed E-state index contributed by atoms with van der Waals surface area (Å²) in [6, 6.07) is 13.7. The van der Waals surface area contributed by atoms with Gasteiger partial charge >= 0.3 is 5.97 Å². The van der Waals surface area contributed by atoms with Crippen molar-refractivity contribution in [3.05, 3.63) is 69.7 Å². The Morgan fingerprint density at radius 3 is 2.50 bits per heavy atom. The molecular weight excluding hydrogens is 450 g/mol. The molecular formula is C27H32ClN3O3. The molecule has 1 amide bonds. The van der Waals surface area contributed by atoms with E-state index >= 15 is 0 Å². The number of amides is 1. The lowest BCUT2D eigenvalue weighted by Gasteiger charge is -2.32. The number of esters is 1. The van der Waals surface area contributed by atoms with Crippen LogP contribution in [-0.2, 0) is 14.3 Å². The van der Waals surface area contributed by atoms with Gasteiger partial charge in [-0.15, -0.1) is 0 Å². The van der Waals surface area contributed by atoms with Crippen LogP contribution >= 0.6 is 11.6 Å². The minimum absolute atomic E-state index is 0.0571. The van der Waals surface area contributed by atoms with E-state index in [4.69, 9.17) is 21.4 Å². The van der Waals surface area contributed by atoms with Crippen LogP contribution < -0.4 is 0 Å². The number of aryl methyl sites for hydroxylation is 2. The third kappa shape index (κ3) is 5.34. The topological polar surface area (TPSA) is 62.2 Å². The first-order valence-electron chi connectivity index (χ1n) is 12.0. The highest BCUT2D eigenvalue weighted by molar-refractivity contribution is 6.31. The molecule has 1 atom stereocenters. The standard InChI is InChI=1S/C27H32ClN3O3/c1-4-34-27(33)20-11-13-30(14-12-20)17-26(32)31-25(22-7-5-6-8-23(22)28)16-24(29-31)21-10-9-18(2)19(3)15-21/h5-10,15,20,25H,4,11-14,16-17H2,1-3H3. The number of hydrazone groups is 1. The van der Waals surface area contributed by atoms with E-state index in [-0.39, 0.29) is 30.4 Å². The average molecular weight is 482 g/mol. The van der Waals surface area contributed by atoms with Crippen molar-refractivity contribution >= 4 is 29.2 Å². The lowest BCUT2D eigenvalue weighted by molar-refractivity contribution is -0.149. The fourth-order valence-electron chi connectivity index (χ4n) is 4.67. The first-order chi connectivity index (χ1) is 16.4. The molecule has 1 saturated heterocycles. The van der Waals surface area contributed by atoms with Crippen LogP contribution in [0.2, 0.25) is 5.02 Å². The van der Waals surface area contributed by atoms with Gasteiger partial charge in [-0.2, -0.15) is 5.10 Å². The maximum Gasteiger partial charge on any atom is 0.309 e. The Morgan fingerprint density at radius 2 is 1.82 bits per heavy atom. The maximum atomic E-state index is 13.5. The summed E-state index contributed by atoms with van der Waals surface area (Å²) in [6.45, 7) is 8.04.